The van der Waals surface area contributed by atoms with Gasteiger partial charge in [-0.25, -0.2) is 9.59 Å². The number of carbonyl (C=O) groups is 3. The highest BCUT2D eigenvalue weighted by atomic mass is 16.5. The predicted octanol–water partition coefficient (Wildman–Crippen LogP) is 3.79. The minimum absolute atomic E-state index is 0.114. The molecule has 2 aromatic rings. The molecule has 0 aliphatic heterocycles. The van der Waals surface area contributed by atoms with Crippen LogP contribution in [0.3, 0.4) is 0 Å². The number of hydrogen-bond donors (Lipinski definition) is 1. The van der Waals surface area contributed by atoms with Crippen LogP contribution in [0, 0.1) is 0 Å². The van der Waals surface area contributed by atoms with Gasteiger partial charge in [-0.3, -0.25) is 4.79 Å². The van der Waals surface area contributed by atoms with E-state index in [1.807, 2.05) is 38.1 Å². The van der Waals surface area contributed by atoms with Crippen molar-refractivity contribution in [1.82, 2.24) is 0 Å². The van der Waals surface area contributed by atoms with E-state index < -0.39 is 18.0 Å². The van der Waals surface area contributed by atoms with Crippen LogP contribution < -0.4 is 10.1 Å². The van der Waals surface area contributed by atoms with E-state index in [0.29, 0.717) is 5.69 Å². The first-order valence-electron chi connectivity index (χ1n) is 9.15. The highest BCUT2D eigenvalue weighted by molar-refractivity contribution is 5.97. The van der Waals surface area contributed by atoms with Gasteiger partial charge in [-0.05, 0) is 42.7 Å². The third-order valence-electron chi connectivity index (χ3n) is 4.27. The van der Waals surface area contributed by atoms with Crippen molar-refractivity contribution in [1.29, 1.82) is 0 Å². The zero-order valence-corrected chi connectivity index (χ0v) is 17.1. The van der Waals surface area contributed by atoms with Crippen molar-refractivity contribution in [2.45, 2.75) is 32.8 Å². The maximum absolute atomic E-state index is 12.6. The Morgan fingerprint density at radius 2 is 1.41 bits per heavy atom. The molecule has 0 saturated heterocycles. The van der Waals surface area contributed by atoms with Crippen molar-refractivity contribution in [2.75, 3.05) is 19.5 Å². The fraction of sp³-hybridized carbons (Fsp3) is 0.318. The van der Waals surface area contributed by atoms with E-state index in [-0.39, 0.29) is 28.7 Å². The monoisotopic (exact) mass is 399 g/mol. The van der Waals surface area contributed by atoms with Crippen LogP contribution in [-0.4, -0.2) is 38.2 Å². The van der Waals surface area contributed by atoms with Crippen LogP contribution in [-0.2, 0) is 14.3 Å². The Morgan fingerprint density at radius 3 is 1.93 bits per heavy atom. The highest BCUT2D eigenvalue weighted by Crippen LogP contribution is 2.25. The molecule has 0 unspecified atom stereocenters. The molecule has 1 atom stereocenters. The molecule has 0 fully saturated rings. The largest absolute Gasteiger partial charge is 0.481 e. The molecule has 1 amide bonds. The number of amides is 1. The number of ether oxygens (including phenoxy) is 3. The number of hydrogen-bond acceptors (Lipinski definition) is 6. The lowest BCUT2D eigenvalue weighted by molar-refractivity contribution is -0.122. The lowest BCUT2D eigenvalue weighted by Crippen LogP contribution is -2.30. The standard InChI is InChI=1S/C22H25NO6/c1-13(2)18-8-6-7-9-19(18)23-20(24)14(3)29-17-11-15(21(25)27-4)10-16(12-17)22(26)28-5/h6-14H,1-5H3,(H,23,24)/t14-/m0/s1. The van der Waals surface area contributed by atoms with Gasteiger partial charge < -0.3 is 19.5 Å². The van der Waals surface area contributed by atoms with Crippen LogP contribution in [0.25, 0.3) is 0 Å². The quantitative estimate of drug-likeness (QED) is 0.713. The van der Waals surface area contributed by atoms with Crippen molar-refractivity contribution in [3.63, 3.8) is 0 Å². The molecule has 0 aromatic heterocycles. The third-order valence-corrected chi connectivity index (χ3v) is 4.27. The summed E-state index contributed by atoms with van der Waals surface area (Å²) in [4.78, 5) is 36.4. The number of para-hydroxylation sites is 1. The lowest BCUT2D eigenvalue weighted by Gasteiger charge is -2.18. The van der Waals surface area contributed by atoms with E-state index in [9.17, 15) is 14.4 Å². The smallest absolute Gasteiger partial charge is 0.338 e. The fourth-order valence-corrected chi connectivity index (χ4v) is 2.74. The number of esters is 2. The molecule has 29 heavy (non-hydrogen) atoms. The zero-order chi connectivity index (χ0) is 21.6. The summed E-state index contributed by atoms with van der Waals surface area (Å²) in [6.07, 6.45) is -0.881. The van der Waals surface area contributed by atoms with Gasteiger partial charge in [-0.2, -0.15) is 0 Å². The second-order valence-corrected chi connectivity index (χ2v) is 6.72. The summed E-state index contributed by atoms with van der Waals surface area (Å²) in [5.74, 6) is -1.22. The van der Waals surface area contributed by atoms with Gasteiger partial charge in [0.05, 0.1) is 25.3 Å². The Balaban J connectivity index is 2.23. The molecule has 2 rings (SSSR count). The van der Waals surface area contributed by atoms with Crippen LogP contribution in [0.5, 0.6) is 5.75 Å². The Hall–Kier alpha value is -3.35. The van der Waals surface area contributed by atoms with E-state index >= 15 is 0 Å². The average molecular weight is 399 g/mol. The lowest BCUT2D eigenvalue weighted by atomic mass is 10.0. The van der Waals surface area contributed by atoms with Crippen molar-refractivity contribution in [2.24, 2.45) is 0 Å². The van der Waals surface area contributed by atoms with Crippen LogP contribution in [0.1, 0.15) is 53.0 Å². The molecule has 0 heterocycles. The predicted molar refractivity (Wildman–Crippen MR) is 108 cm³/mol. The minimum atomic E-state index is -0.881. The summed E-state index contributed by atoms with van der Waals surface area (Å²) < 4.78 is 15.1. The molecule has 0 radical (unpaired) electrons. The second-order valence-electron chi connectivity index (χ2n) is 6.72. The topological polar surface area (TPSA) is 90.9 Å². The average Bonchev–Trinajstić information content (AvgIpc) is 2.72. The minimum Gasteiger partial charge on any atom is -0.481 e. The molecule has 7 nitrogen and oxygen atoms in total. The molecule has 2 aromatic carbocycles. The van der Waals surface area contributed by atoms with Gasteiger partial charge >= 0.3 is 11.9 Å². The SMILES string of the molecule is COC(=O)c1cc(O[C@@H](C)C(=O)Nc2ccccc2C(C)C)cc(C(=O)OC)c1. The molecule has 0 aliphatic carbocycles. The van der Waals surface area contributed by atoms with E-state index in [2.05, 4.69) is 5.32 Å². The maximum atomic E-state index is 12.6. The van der Waals surface area contributed by atoms with Gasteiger partial charge in [0, 0.05) is 5.69 Å². The highest BCUT2D eigenvalue weighted by Gasteiger charge is 2.20. The molecule has 0 bridgehead atoms. The van der Waals surface area contributed by atoms with Crippen LogP contribution in [0.15, 0.2) is 42.5 Å². The molecule has 0 saturated carbocycles. The number of anilines is 1. The van der Waals surface area contributed by atoms with Gasteiger partial charge in [0.15, 0.2) is 6.10 Å². The summed E-state index contributed by atoms with van der Waals surface area (Å²) in [7, 11) is 2.46. The summed E-state index contributed by atoms with van der Waals surface area (Å²) in [6.45, 7) is 5.66. The van der Waals surface area contributed by atoms with Gasteiger partial charge in [-0.15, -0.1) is 0 Å². The Labute approximate surface area is 170 Å². The molecule has 0 aliphatic rings. The molecule has 0 spiro atoms. The molecular weight excluding hydrogens is 374 g/mol. The summed E-state index contributed by atoms with van der Waals surface area (Å²) >= 11 is 0. The number of carbonyl (C=O) groups excluding carboxylic acids is 3. The van der Waals surface area contributed by atoms with E-state index in [4.69, 9.17) is 14.2 Å². The second kappa shape index (κ2) is 9.73. The van der Waals surface area contributed by atoms with Crippen molar-refractivity contribution in [3.05, 3.63) is 59.2 Å². The number of benzene rings is 2. The van der Waals surface area contributed by atoms with Gasteiger partial charge in [-0.1, -0.05) is 32.0 Å². The summed E-state index contributed by atoms with van der Waals surface area (Å²) in [5.41, 5.74) is 1.95. The molecular formula is C22H25NO6. The third kappa shape index (κ3) is 5.57. The first kappa shape index (κ1) is 21.9. The van der Waals surface area contributed by atoms with Crippen LogP contribution >= 0.6 is 0 Å². The Kier molecular flexibility index (Phi) is 7.36. The van der Waals surface area contributed by atoms with Gasteiger partial charge in [0.25, 0.3) is 5.91 Å². The Bertz CT molecular complexity index is 872. The molecule has 154 valence electrons. The Morgan fingerprint density at radius 1 is 0.862 bits per heavy atom. The van der Waals surface area contributed by atoms with E-state index in [1.54, 1.807) is 6.92 Å². The summed E-state index contributed by atoms with van der Waals surface area (Å²) in [5, 5.41) is 2.86. The van der Waals surface area contributed by atoms with Crippen molar-refractivity contribution < 1.29 is 28.6 Å². The zero-order valence-electron chi connectivity index (χ0n) is 17.1. The normalized spacial score (nSPS) is 11.5. The van der Waals surface area contributed by atoms with E-state index in [1.165, 1.54) is 32.4 Å². The fourth-order valence-electron chi connectivity index (χ4n) is 2.74. The maximum Gasteiger partial charge on any atom is 0.338 e. The number of rotatable bonds is 7. The van der Waals surface area contributed by atoms with Crippen molar-refractivity contribution in [3.8, 4) is 5.75 Å². The molecule has 1 N–H and O–H groups in total. The van der Waals surface area contributed by atoms with Crippen LogP contribution in [0.2, 0.25) is 0 Å². The summed E-state index contributed by atoms with van der Waals surface area (Å²) in [6, 6.07) is 11.7. The van der Waals surface area contributed by atoms with E-state index in [0.717, 1.165) is 5.56 Å². The number of methoxy groups -OCH3 is 2. The number of nitrogens with one attached hydrogen (secondary N) is 1. The first-order chi connectivity index (χ1) is 13.8. The van der Waals surface area contributed by atoms with Gasteiger partial charge in [0.1, 0.15) is 5.75 Å². The van der Waals surface area contributed by atoms with Crippen molar-refractivity contribution >= 4 is 23.5 Å². The van der Waals surface area contributed by atoms with Crippen LogP contribution in [0.4, 0.5) is 5.69 Å². The van der Waals surface area contributed by atoms with Gasteiger partial charge in [0.2, 0.25) is 0 Å². The molecule has 7 heteroatoms. The first-order valence-corrected chi connectivity index (χ1v) is 9.15.